The molecule has 2 fully saturated rings. The fourth-order valence-corrected chi connectivity index (χ4v) is 4.37. The molecule has 1 spiro atoms. The van der Waals surface area contributed by atoms with Gasteiger partial charge in [0, 0.05) is 19.3 Å². The van der Waals surface area contributed by atoms with E-state index < -0.39 is 11.4 Å². The average Bonchev–Trinajstić information content (AvgIpc) is 3.09. The minimum Gasteiger partial charge on any atom is -0.381 e. The standard InChI is InChI=1S/C24H26O4/c1-17-3-7-19(8-4-17)20-15-22-24(16-20,21-9-5-18(2)6-10-21)28-27-23(26-22)11-13-25-14-12-23/h3-10,15,22H,11-14,16H2,1-2H3/t22-,24-/m1/s1. The lowest BCUT2D eigenvalue weighted by atomic mass is 9.86. The molecule has 0 aromatic heterocycles. The van der Waals surface area contributed by atoms with Crippen LogP contribution in [0.1, 0.15) is 41.5 Å². The van der Waals surface area contributed by atoms with Crippen LogP contribution in [0.2, 0.25) is 0 Å². The number of fused-ring (bicyclic) bond motifs is 1. The lowest BCUT2D eigenvalue weighted by Crippen LogP contribution is -2.56. The second-order valence-electron chi connectivity index (χ2n) is 8.22. The molecule has 2 aromatic carbocycles. The molecule has 0 unspecified atom stereocenters. The highest BCUT2D eigenvalue weighted by atomic mass is 17.3. The van der Waals surface area contributed by atoms with E-state index in [0.717, 1.165) is 12.0 Å². The van der Waals surface area contributed by atoms with Crippen LogP contribution in [0.15, 0.2) is 54.6 Å². The SMILES string of the molecule is Cc1ccc(C2=C[C@H]3OC4(CCOCC4)OO[C@@]3(c3ccc(C)cc3)C2)cc1. The van der Waals surface area contributed by atoms with Crippen LogP contribution in [-0.2, 0) is 24.8 Å². The van der Waals surface area contributed by atoms with Crippen LogP contribution in [0.4, 0.5) is 0 Å². The van der Waals surface area contributed by atoms with Crippen molar-refractivity contribution < 1.29 is 19.2 Å². The first kappa shape index (κ1) is 18.1. The minimum absolute atomic E-state index is 0.196. The van der Waals surface area contributed by atoms with Gasteiger partial charge in [-0.05, 0) is 36.6 Å². The van der Waals surface area contributed by atoms with Crippen molar-refractivity contribution in [1.82, 2.24) is 0 Å². The van der Waals surface area contributed by atoms with E-state index in [-0.39, 0.29) is 6.10 Å². The molecule has 0 bridgehead atoms. The Balaban J connectivity index is 1.53. The molecule has 2 aromatic rings. The first-order valence-corrected chi connectivity index (χ1v) is 10.1. The van der Waals surface area contributed by atoms with Crippen LogP contribution in [0.3, 0.4) is 0 Å². The summed E-state index contributed by atoms with van der Waals surface area (Å²) in [4.78, 5) is 12.2. The minimum atomic E-state index is -0.712. The maximum atomic E-state index is 6.60. The Morgan fingerprint density at radius 1 is 0.821 bits per heavy atom. The Bertz CT molecular complexity index is 878. The molecule has 0 saturated carbocycles. The highest BCUT2D eigenvalue weighted by Gasteiger charge is 2.57. The number of hydrogen-bond acceptors (Lipinski definition) is 4. The van der Waals surface area contributed by atoms with E-state index in [1.165, 1.54) is 22.3 Å². The van der Waals surface area contributed by atoms with Crippen LogP contribution in [0.25, 0.3) is 5.57 Å². The monoisotopic (exact) mass is 378 g/mol. The molecule has 5 rings (SSSR count). The van der Waals surface area contributed by atoms with Crippen molar-refractivity contribution in [2.45, 2.75) is 50.6 Å². The third-order valence-corrected chi connectivity index (χ3v) is 6.17. The topological polar surface area (TPSA) is 36.9 Å². The summed E-state index contributed by atoms with van der Waals surface area (Å²) in [5, 5.41) is 0. The number of benzene rings is 2. The number of ether oxygens (including phenoxy) is 2. The molecule has 28 heavy (non-hydrogen) atoms. The molecule has 2 heterocycles. The molecule has 4 heteroatoms. The number of rotatable bonds is 2. The molecule has 3 aliphatic rings. The second kappa shape index (κ2) is 6.82. The zero-order chi connectivity index (χ0) is 19.2. The molecule has 0 radical (unpaired) electrons. The van der Waals surface area contributed by atoms with Gasteiger partial charge in [-0.3, -0.25) is 0 Å². The zero-order valence-corrected chi connectivity index (χ0v) is 16.4. The predicted octanol–water partition coefficient (Wildman–Crippen LogP) is 4.84. The fourth-order valence-electron chi connectivity index (χ4n) is 4.37. The summed E-state index contributed by atoms with van der Waals surface area (Å²) in [5.74, 6) is -0.712. The van der Waals surface area contributed by atoms with E-state index in [0.29, 0.717) is 26.1 Å². The van der Waals surface area contributed by atoms with Crippen LogP contribution >= 0.6 is 0 Å². The van der Waals surface area contributed by atoms with Crippen molar-refractivity contribution in [2.24, 2.45) is 0 Å². The van der Waals surface area contributed by atoms with E-state index in [1.807, 2.05) is 0 Å². The van der Waals surface area contributed by atoms with Gasteiger partial charge in [0.05, 0.1) is 13.2 Å². The average molecular weight is 378 g/mol. The molecule has 4 nitrogen and oxygen atoms in total. The van der Waals surface area contributed by atoms with E-state index in [4.69, 9.17) is 19.2 Å². The Kier molecular flexibility index (Phi) is 4.40. The van der Waals surface area contributed by atoms with Gasteiger partial charge in [0.2, 0.25) is 5.79 Å². The van der Waals surface area contributed by atoms with Crippen LogP contribution < -0.4 is 0 Å². The van der Waals surface area contributed by atoms with Gasteiger partial charge in [0.15, 0.2) is 5.60 Å². The molecule has 0 N–H and O–H groups in total. The van der Waals surface area contributed by atoms with Crippen molar-refractivity contribution in [3.8, 4) is 0 Å². The Morgan fingerprint density at radius 3 is 2.14 bits per heavy atom. The molecule has 0 amide bonds. The highest BCUT2D eigenvalue weighted by molar-refractivity contribution is 5.71. The second-order valence-corrected chi connectivity index (χ2v) is 8.22. The van der Waals surface area contributed by atoms with E-state index in [2.05, 4.69) is 68.5 Å². The predicted molar refractivity (Wildman–Crippen MR) is 106 cm³/mol. The molecule has 2 atom stereocenters. The van der Waals surface area contributed by atoms with Gasteiger partial charge >= 0.3 is 0 Å². The van der Waals surface area contributed by atoms with Gasteiger partial charge < -0.3 is 9.47 Å². The summed E-state index contributed by atoms with van der Waals surface area (Å²) in [7, 11) is 0. The molecule has 2 aliphatic heterocycles. The van der Waals surface area contributed by atoms with Gasteiger partial charge in [0.1, 0.15) is 6.10 Å². The Morgan fingerprint density at radius 2 is 1.46 bits per heavy atom. The third kappa shape index (κ3) is 3.01. The van der Waals surface area contributed by atoms with Crippen molar-refractivity contribution in [1.29, 1.82) is 0 Å². The largest absolute Gasteiger partial charge is 0.381 e. The highest BCUT2D eigenvalue weighted by Crippen LogP contribution is 2.52. The molecular weight excluding hydrogens is 352 g/mol. The molecule has 1 aliphatic carbocycles. The molecular formula is C24H26O4. The number of hydrogen-bond donors (Lipinski definition) is 0. The van der Waals surface area contributed by atoms with Crippen LogP contribution in [-0.4, -0.2) is 25.1 Å². The van der Waals surface area contributed by atoms with E-state index in [1.54, 1.807) is 0 Å². The van der Waals surface area contributed by atoms with Crippen molar-refractivity contribution in [2.75, 3.05) is 13.2 Å². The maximum Gasteiger partial charge on any atom is 0.206 e. The maximum absolute atomic E-state index is 6.60. The Hall–Kier alpha value is -1.98. The number of aryl methyl sites for hydroxylation is 2. The van der Waals surface area contributed by atoms with Crippen LogP contribution in [0, 0.1) is 13.8 Å². The van der Waals surface area contributed by atoms with E-state index in [9.17, 15) is 0 Å². The summed E-state index contributed by atoms with van der Waals surface area (Å²) in [6.45, 7) is 5.45. The van der Waals surface area contributed by atoms with E-state index >= 15 is 0 Å². The summed E-state index contributed by atoms with van der Waals surface area (Å²) in [6.07, 6.45) is 4.11. The smallest absolute Gasteiger partial charge is 0.206 e. The quantitative estimate of drug-likeness (QED) is 0.701. The first-order chi connectivity index (χ1) is 13.6. The van der Waals surface area contributed by atoms with Crippen molar-refractivity contribution in [3.05, 3.63) is 76.9 Å². The summed E-state index contributed by atoms with van der Waals surface area (Å²) in [5.41, 5.74) is 5.35. The van der Waals surface area contributed by atoms with Crippen molar-refractivity contribution >= 4 is 5.57 Å². The summed E-state index contributed by atoms with van der Waals surface area (Å²) < 4.78 is 12.1. The summed E-state index contributed by atoms with van der Waals surface area (Å²) in [6, 6.07) is 17.1. The van der Waals surface area contributed by atoms with Crippen molar-refractivity contribution in [3.63, 3.8) is 0 Å². The zero-order valence-electron chi connectivity index (χ0n) is 16.4. The third-order valence-electron chi connectivity index (χ3n) is 6.17. The van der Waals surface area contributed by atoms with Gasteiger partial charge in [-0.15, -0.1) is 0 Å². The van der Waals surface area contributed by atoms with Gasteiger partial charge in [0.25, 0.3) is 0 Å². The first-order valence-electron chi connectivity index (χ1n) is 10.1. The van der Waals surface area contributed by atoms with Gasteiger partial charge in [-0.2, -0.15) is 4.89 Å². The fraction of sp³-hybridized carbons (Fsp3) is 0.417. The molecule has 2 saturated heterocycles. The lowest BCUT2D eigenvalue weighted by Gasteiger charge is -2.48. The molecule has 146 valence electrons. The van der Waals surface area contributed by atoms with Gasteiger partial charge in [-0.25, -0.2) is 4.89 Å². The summed E-state index contributed by atoms with van der Waals surface area (Å²) >= 11 is 0. The Labute approximate surface area is 166 Å². The van der Waals surface area contributed by atoms with Crippen LogP contribution in [0.5, 0.6) is 0 Å². The van der Waals surface area contributed by atoms with Gasteiger partial charge in [-0.1, -0.05) is 59.7 Å². The normalized spacial score (nSPS) is 28.8. The lowest BCUT2D eigenvalue weighted by molar-refractivity contribution is -0.533.